The van der Waals surface area contributed by atoms with E-state index in [2.05, 4.69) is 36.8 Å². The van der Waals surface area contributed by atoms with Gasteiger partial charge in [-0.3, -0.25) is 0 Å². The van der Waals surface area contributed by atoms with E-state index >= 15 is 0 Å². The lowest BCUT2D eigenvalue weighted by Gasteiger charge is -2.00. The Balaban J connectivity index is 3.28. The molecule has 1 aromatic rings. The van der Waals surface area contributed by atoms with Crippen LogP contribution >= 0.6 is 31.9 Å². The second-order valence-electron chi connectivity index (χ2n) is 1.75. The minimum absolute atomic E-state index is 0.542. The van der Waals surface area contributed by atoms with Gasteiger partial charge < -0.3 is 11.5 Å². The lowest BCUT2D eigenvalue weighted by atomic mass is 10.4. The zero-order valence-electron chi connectivity index (χ0n) is 4.94. The van der Waals surface area contributed by atoms with E-state index in [1.165, 1.54) is 0 Å². The van der Waals surface area contributed by atoms with Gasteiger partial charge in [-0.05, 0) is 37.9 Å². The molecule has 0 saturated heterocycles. The van der Waals surface area contributed by atoms with E-state index in [0.29, 0.717) is 20.6 Å². The fourth-order valence-corrected chi connectivity index (χ4v) is 1.32. The molecule has 10 heavy (non-hydrogen) atoms. The van der Waals surface area contributed by atoms with Crippen LogP contribution in [-0.2, 0) is 0 Å². The fourth-order valence-electron chi connectivity index (χ4n) is 0.502. The largest absolute Gasteiger partial charge is 0.396 e. The molecule has 1 aromatic heterocycles. The summed E-state index contributed by atoms with van der Waals surface area (Å²) < 4.78 is 1.21. The third kappa shape index (κ3) is 1.41. The van der Waals surface area contributed by atoms with Crippen molar-refractivity contribution in [1.29, 1.82) is 0 Å². The highest BCUT2D eigenvalue weighted by molar-refractivity contribution is 9.11. The number of nitrogens with zero attached hydrogens (tertiary/aromatic N) is 1. The highest BCUT2D eigenvalue weighted by Gasteiger charge is 2.01. The van der Waals surface area contributed by atoms with Crippen LogP contribution in [0, 0.1) is 0 Å². The molecule has 0 atom stereocenters. The minimum atomic E-state index is 0.542. The summed E-state index contributed by atoms with van der Waals surface area (Å²) in [5.41, 5.74) is 12.0. The summed E-state index contributed by atoms with van der Waals surface area (Å²) in [6.07, 6.45) is 0. The zero-order valence-corrected chi connectivity index (χ0v) is 8.11. The smallest absolute Gasteiger partial charge is 0.130 e. The van der Waals surface area contributed by atoms with E-state index in [9.17, 15) is 0 Å². The number of hydrogen-bond acceptors (Lipinski definition) is 3. The molecule has 0 fully saturated rings. The van der Waals surface area contributed by atoms with Crippen LogP contribution in [0.25, 0.3) is 0 Å². The maximum Gasteiger partial charge on any atom is 0.130 e. The molecule has 0 aliphatic heterocycles. The lowest BCUT2D eigenvalue weighted by molar-refractivity contribution is 1.24. The van der Waals surface area contributed by atoms with Crippen LogP contribution < -0.4 is 11.5 Å². The monoisotopic (exact) mass is 265 g/mol. The number of rotatable bonds is 0. The van der Waals surface area contributed by atoms with Gasteiger partial charge in [-0.15, -0.1) is 0 Å². The number of halogens is 2. The number of hydrogen-bond donors (Lipinski definition) is 2. The van der Waals surface area contributed by atoms with E-state index < -0.39 is 0 Å². The Morgan fingerprint density at radius 1 is 1.10 bits per heavy atom. The maximum absolute atomic E-state index is 5.48. The van der Waals surface area contributed by atoms with Crippen molar-refractivity contribution in [1.82, 2.24) is 4.98 Å². The minimum Gasteiger partial charge on any atom is -0.396 e. The summed E-state index contributed by atoms with van der Waals surface area (Å²) in [4.78, 5) is 3.96. The first-order valence-corrected chi connectivity index (χ1v) is 4.07. The van der Waals surface area contributed by atoms with Crippen LogP contribution in [0.4, 0.5) is 11.4 Å². The van der Waals surface area contributed by atoms with Gasteiger partial charge in [0.05, 0.1) is 11.4 Å². The molecular weight excluding hydrogens is 262 g/mol. The van der Waals surface area contributed by atoms with Crippen molar-refractivity contribution < 1.29 is 0 Å². The van der Waals surface area contributed by atoms with Crippen molar-refractivity contribution >= 4 is 43.2 Å². The average Bonchev–Trinajstić information content (AvgIpc) is 1.84. The number of anilines is 2. The quantitative estimate of drug-likeness (QED) is 0.704. The first-order chi connectivity index (χ1) is 4.61. The average molecular weight is 267 g/mol. The van der Waals surface area contributed by atoms with Crippen molar-refractivity contribution in [3.8, 4) is 0 Å². The van der Waals surface area contributed by atoms with E-state index in [0.717, 1.165) is 0 Å². The highest BCUT2D eigenvalue weighted by atomic mass is 79.9. The molecule has 0 aromatic carbocycles. The summed E-state index contributed by atoms with van der Waals surface area (Å²) in [5.74, 6) is 0. The third-order valence-corrected chi connectivity index (χ3v) is 2.25. The van der Waals surface area contributed by atoms with Crippen molar-refractivity contribution in [2.24, 2.45) is 0 Å². The van der Waals surface area contributed by atoms with Crippen molar-refractivity contribution in [2.75, 3.05) is 11.5 Å². The molecule has 5 heteroatoms. The Morgan fingerprint density at radius 3 is 1.80 bits per heavy atom. The Labute approximate surface area is 75.1 Å². The molecule has 0 aliphatic carbocycles. The molecule has 1 rings (SSSR count). The van der Waals surface area contributed by atoms with Gasteiger partial charge in [-0.1, -0.05) is 0 Å². The number of aromatic nitrogens is 1. The fraction of sp³-hybridized carbons (Fsp3) is 0. The van der Waals surface area contributed by atoms with Crippen molar-refractivity contribution in [3.05, 3.63) is 15.3 Å². The van der Waals surface area contributed by atoms with Gasteiger partial charge in [0.15, 0.2) is 0 Å². The first kappa shape index (κ1) is 7.81. The van der Waals surface area contributed by atoms with Crippen LogP contribution in [0.5, 0.6) is 0 Å². The summed E-state index contributed by atoms with van der Waals surface area (Å²) in [5, 5.41) is 0. The van der Waals surface area contributed by atoms with Gasteiger partial charge in [0.1, 0.15) is 9.21 Å². The van der Waals surface area contributed by atoms with Gasteiger partial charge in [-0.2, -0.15) is 0 Å². The number of nitrogens with two attached hydrogens (primary N) is 2. The van der Waals surface area contributed by atoms with Gasteiger partial charge in [-0.25, -0.2) is 4.98 Å². The molecule has 0 aliphatic rings. The van der Waals surface area contributed by atoms with Crippen LogP contribution in [0.3, 0.4) is 0 Å². The summed E-state index contributed by atoms with van der Waals surface area (Å²) in [6, 6.07) is 1.64. The molecule has 0 spiro atoms. The summed E-state index contributed by atoms with van der Waals surface area (Å²) >= 11 is 6.32. The molecular formula is C5H5Br2N3. The van der Waals surface area contributed by atoms with Crippen molar-refractivity contribution in [3.63, 3.8) is 0 Å². The topological polar surface area (TPSA) is 64.9 Å². The molecule has 3 nitrogen and oxygen atoms in total. The predicted octanol–water partition coefficient (Wildman–Crippen LogP) is 1.77. The van der Waals surface area contributed by atoms with E-state index in [1.807, 2.05) is 0 Å². The maximum atomic E-state index is 5.48. The molecule has 0 bridgehead atoms. The molecule has 1 heterocycles. The molecule has 4 N–H and O–H groups in total. The highest BCUT2D eigenvalue weighted by Crippen LogP contribution is 2.24. The lowest BCUT2D eigenvalue weighted by Crippen LogP contribution is -1.95. The van der Waals surface area contributed by atoms with Crippen LogP contribution in [0.2, 0.25) is 0 Å². The third-order valence-electron chi connectivity index (χ3n) is 0.984. The normalized spacial score (nSPS) is 9.80. The van der Waals surface area contributed by atoms with E-state index in [4.69, 9.17) is 11.5 Å². The zero-order chi connectivity index (χ0) is 7.72. The van der Waals surface area contributed by atoms with Gasteiger partial charge in [0.25, 0.3) is 0 Å². The standard InChI is InChI=1S/C5H5Br2N3/c6-4-2(8)1-3(9)5(7)10-4/h1H,8-9H2. The molecule has 0 saturated carbocycles. The number of pyridine rings is 1. The van der Waals surface area contributed by atoms with Crippen LogP contribution in [-0.4, -0.2) is 4.98 Å². The Hall–Kier alpha value is -0.290. The molecule has 54 valence electrons. The van der Waals surface area contributed by atoms with E-state index in [-0.39, 0.29) is 0 Å². The number of nitrogen functional groups attached to an aromatic ring is 2. The Kier molecular flexibility index (Phi) is 2.15. The predicted molar refractivity (Wildman–Crippen MR) is 48.5 cm³/mol. The second kappa shape index (κ2) is 2.75. The van der Waals surface area contributed by atoms with Crippen molar-refractivity contribution in [2.45, 2.75) is 0 Å². The molecule has 0 amide bonds. The summed E-state index contributed by atoms with van der Waals surface area (Å²) in [6.45, 7) is 0. The second-order valence-corrected chi connectivity index (χ2v) is 3.25. The Bertz CT molecular complexity index is 211. The molecule has 0 unspecified atom stereocenters. The van der Waals surface area contributed by atoms with Gasteiger partial charge in [0, 0.05) is 0 Å². The van der Waals surface area contributed by atoms with Gasteiger partial charge in [0.2, 0.25) is 0 Å². The summed E-state index contributed by atoms with van der Waals surface area (Å²) in [7, 11) is 0. The Morgan fingerprint density at radius 2 is 1.50 bits per heavy atom. The molecule has 0 radical (unpaired) electrons. The SMILES string of the molecule is Nc1cc(N)c(Br)nc1Br. The van der Waals surface area contributed by atoms with Gasteiger partial charge >= 0.3 is 0 Å². The van der Waals surface area contributed by atoms with Crippen LogP contribution in [0.15, 0.2) is 15.3 Å². The van der Waals surface area contributed by atoms with Crippen LogP contribution in [0.1, 0.15) is 0 Å². The first-order valence-electron chi connectivity index (χ1n) is 2.48. The van der Waals surface area contributed by atoms with E-state index in [1.54, 1.807) is 6.07 Å².